The smallest absolute Gasteiger partial charge is 0.171 e. The van der Waals surface area contributed by atoms with E-state index in [1.54, 1.807) is 13.0 Å². The Bertz CT molecular complexity index is 377. The maximum absolute atomic E-state index is 9.57. The van der Waals surface area contributed by atoms with Crippen molar-refractivity contribution in [1.29, 1.82) is 0 Å². The molecule has 3 N–H and O–H groups in total. The van der Waals surface area contributed by atoms with Gasteiger partial charge in [-0.1, -0.05) is 24.3 Å². The van der Waals surface area contributed by atoms with E-state index in [1.807, 2.05) is 24.3 Å². The number of aliphatic hydroxyl groups excluding tert-OH is 1. The quantitative estimate of drug-likeness (QED) is 0.554. The molecule has 0 bridgehead atoms. The lowest BCUT2D eigenvalue weighted by Crippen LogP contribution is -2.28. The van der Waals surface area contributed by atoms with Gasteiger partial charge in [0.15, 0.2) is 5.11 Å². The lowest BCUT2D eigenvalue weighted by atomic mass is 10.1. The van der Waals surface area contributed by atoms with E-state index < -0.39 is 6.10 Å². The molecule has 0 aromatic heterocycles. The fraction of sp³-hybridized carbons (Fsp3) is 0.250. The molecule has 0 amide bonds. The van der Waals surface area contributed by atoms with Gasteiger partial charge in [-0.25, -0.2) is 0 Å². The molecule has 0 spiro atoms. The molecule has 3 nitrogen and oxygen atoms in total. The number of para-hydroxylation sites is 1. The second kappa shape index (κ2) is 6.25. The van der Waals surface area contributed by atoms with Crippen molar-refractivity contribution in [3.8, 4) is 0 Å². The maximum Gasteiger partial charge on any atom is 0.171 e. The molecule has 4 heteroatoms. The minimum Gasteiger partial charge on any atom is -0.389 e. The normalized spacial score (nSPS) is 11.6. The van der Waals surface area contributed by atoms with Crippen molar-refractivity contribution in [2.75, 3.05) is 11.9 Å². The van der Waals surface area contributed by atoms with Crippen molar-refractivity contribution in [1.82, 2.24) is 5.32 Å². The molecule has 0 aliphatic heterocycles. The molecular formula is C12H16N2OS. The van der Waals surface area contributed by atoms with Crippen molar-refractivity contribution in [2.45, 2.75) is 13.0 Å². The van der Waals surface area contributed by atoms with E-state index in [4.69, 9.17) is 12.2 Å². The van der Waals surface area contributed by atoms with Gasteiger partial charge in [-0.2, -0.15) is 0 Å². The van der Waals surface area contributed by atoms with Crippen LogP contribution in [0.4, 0.5) is 5.69 Å². The lowest BCUT2D eigenvalue weighted by molar-refractivity contribution is 0.200. The number of nitrogens with one attached hydrogen (secondary N) is 2. The van der Waals surface area contributed by atoms with Gasteiger partial charge in [-0.3, -0.25) is 0 Å². The number of anilines is 1. The van der Waals surface area contributed by atoms with Crippen LogP contribution in [0.15, 0.2) is 36.9 Å². The van der Waals surface area contributed by atoms with Crippen LogP contribution in [0, 0.1) is 0 Å². The Morgan fingerprint density at radius 2 is 2.25 bits per heavy atom. The Morgan fingerprint density at radius 3 is 2.88 bits per heavy atom. The van der Waals surface area contributed by atoms with Gasteiger partial charge in [0.2, 0.25) is 0 Å². The number of aliphatic hydroxyl groups is 1. The molecule has 0 aliphatic carbocycles. The van der Waals surface area contributed by atoms with E-state index in [0.29, 0.717) is 11.7 Å². The second-order valence-electron chi connectivity index (χ2n) is 3.39. The molecular weight excluding hydrogens is 220 g/mol. The highest BCUT2D eigenvalue weighted by atomic mass is 32.1. The molecule has 1 rings (SSSR count). The zero-order valence-electron chi connectivity index (χ0n) is 9.23. The van der Waals surface area contributed by atoms with Gasteiger partial charge in [0.1, 0.15) is 0 Å². The third-order valence-corrected chi connectivity index (χ3v) is 2.31. The fourth-order valence-corrected chi connectivity index (χ4v) is 1.50. The summed E-state index contributed by atoms with van der Waals surface area (Å²) in [5.41, 5.74) is 1.64. The van der Waals surface area contributed by atoms with Crippen LogP contribution in [0.3, 0.4) is 0 Å². The van der Waals surface area contributed by atoms with Gasteiger partial charge in [0, 0.05) is 17.8 Å². The first-order valence-corrected chi connectivity index (χ1v) is 5.48. The van der Waals surface area contributed by atoms with Crippen LogP contribution in [-0.2, 0) is 0 Å². The highest BCUT2D eigenvalue weighted by Gasteiger charge is 2.07. The van der Waals surface area contributed by atoms with Gasteiger partial charge < -0.3 is 15.7 Å². The molecule has 1 unspecified atom stereocenters. The summed E-state index contributed by atoms with van der Waals surface area (Å²) in [4.78, 5) is 0. The average molecular weight is 236 g/mol. The Morgan fingerprint density at radius 1 is 1.56 bits per heavy atom. The summed E-state index contributed by atoms with van der Waals surface area (Å²) >= 11 is 5.10. The van der Waals surface area contributed by atoms with E-state index in [-0.39, 0.29) is 0 Å². The first-order chi connectivity index (χ1) is 7.65. The van der Waals surface area contributed by atoms with Crippen molar-refractivity contribution in [3.63, 3.8) is 0 Å². The largest absolute Gasteiger partial charge is 0.389 e. The predicted molar refractivity (Wildman–Crippen MR) is 71.5 cm³/mol. The van der Waals surface area contributed by atoms with E-state index in [0.717, 1.165) is 11.3 Å². The SMILES string of the molecule is C=CCNC(=S)Nc1ccccc1C(C)O. The number of hydrogen-bond donors (Lipinski definition) is 3. The molecule has 0 saturated carbocycles. The van der Waals surface area contributed by atoms with Gasteiger partial charge in [0.05, 0.1) is 6.10 Å². The highest BCUT2D eigenvalue weighted by molar-refractivity contribution is 7.80. The monoisotopic (exact) mass is 236 g/mol. The molecule has 0 heterocycles. The van der Waals surface area contributed by atoms with Crippen LogP contribution < -0.4 is 10.6 Å². The minimum absolute atomic E-state index is 0.521. The molecule has 16 heavy (non-hydrogen) atoms. The minimum atomic E-state index is -0.522. The lowest BCUT2D eigenvalue weighted by Gasteiger charge is -2.14. The highest BCUT2D eigenvalue weighted by Crippen LogP contribution is 2.21. The molecule has 0 aliphatic rings. The van der Waals surface area contributed by atoms with E-state index >= 15 is 0 Å². The van der Waals surface area contributed by atoms with Gasteiger partial charge in [-0.15, -0.1) is 6.58 Å². The summed E-state index contributed by atoms with van der Waals surface area (Å²) in [5.74, 6) is 0. The third-order valence-electron chi connectivity index (χ3n) is 2.07. The summed E-state index contributed by atoms with van der Waals surface area (Å²) < 4.78 is 0. The van der Waals surface area contributed by atoms with Crippen molar-refractivity contribution >= 4 is 23.0 Å². The van der Waals surface area contributed by atoms with Crippen LogP contribution in [0.25, 0.3) is 0 Å². The standard InChI is InChI=1S/C12H16N2OS/c1-3-8-13-12(16)14-11-7-5-4-6-10(11)9(2)15/h3-7,9,15H,1,8H2,2H3,(H2,13,14,16). The zero-order valence-corrected chi connectivity index (χ0v) is 10.1. The molecule has 0 radical (unpaired) electrons. The third kappa shape index (κ3) is 3.64. The summed E-state index contributed by atoms with van der Waals surface area (Å²) in [6, 6.07) is 7.52. The van der Waals surface area contributed by atoms with Crippen molar-refractivity contribution in [2.24, 2.45) is 0 Å². The van der Waals surface area contributed by atoms with Gasteiger partial charge in [-0.05, 0) is 25.2 Å². The van der Waals surface area contributed by atoms with Gasteiger partial charge in [0.25, 0.3) is 0 Å². The summed E-state index contributed by atoms with van der Waals surface area (Å²) in [6.07, 6.45) is 1.21. The molecule has 1 atom stereocenters. The Balaban J connectivity index is 2.72. The molecule has 1 aromatic rings. The summed E-state index contributed by atoms with van der Waals surface area (Å²) in [5, 5.41) is 16.1. The van der Waals surface area contributed by atoms with E-state index in [9.17, 15) is 5.11 Å². The topological polar surface area (TPSA) is 44.3 Å². The second-order valence-corrected chi connectivity index (χ2v) is 3.80. The van der Waals surface area contributed by atoms with Gasteiger partial charge >= 0.3 is 0 Å². The summed E-state index contributed by atoms with van der Waals surface area (Å²) in [7, 11) is 0. The molecule has 0 fully saturated rings. The number of hydrogen-bond acceptors (Lipinski definition) is 2. The van der Waals surface area contributed by atoms with Crippen LogP contribution in [-0.4, -0.2) is 16.8 Å². The maximum atomic E-state index is 9.57. The number of benzene rings is 1. The van der Waals surface area contributed by atoms with Crippen molar-refractivity contribution in [3.05, 3.63) is 42.5 Å². The van der Waals surface area contributed by atoms with Crippen LogP contribution >= 0.6 is 12.2 Å². The molecule has 1 aromatic carbocycles. The number of rotatable bonds is 4. The molecule has 0 saturated heterocycles. The summed E-state index contributed by atoms with van der Waals surface area (Å²) in [6.45, 7) is 5.93. The predicted octanol–water partition coefficient (Wildman–Crippen LogP) is 2.21. The Hall–Kier alpha value is -1.39. The first kappa shape index (κ1) is 12.7. The Kier molecular flexibility index (Phi) is 4.95. The van der Waals surface area contributed by atoms with Crippen LogP contribution in [0.5, 0.6) is 0 Å². The zero-order chi connectivity index (χ0) is 12.0. The van der Waals surface area contributed by atoms with Crippen LogP contribution in [0.1, 0.15) is 18.6 Å². The number of thiocarbonyl (C=S) groups is 1. The average Bonchev–Trinajstić information content (AvgIpc) is 2.27. The Labute approximate surface area is 101 Å². The fourth-order valence-electron chi connectivity index (χ4n) is 1.31. The van der Waals surface area contributed by atoms with E-state index in [1.165, 1.54) is 0 Å². The molecule has 86 valence electrons. The first-order valence-electron chi connectivity index (χ1n) is 5.08. The van der Waals surface area contributed by atoms with Crippen molar-refractivity contribution < 1.29 is 5.11 Å². The van der Waals surface area contributed by atoms with E-state index in [2.05, 4.69) is 17.2 Å². The van der Waals surface area contributed by atoms with Crippen LogP contribution in [0.2, 0.25) is 0 Å².